The number of ether oxygens (including phenoxy) is 2. The van der Waals surface area contributed by atoms with Crippen molar-refractivity contribution in [2.24, 2.45) is 0 Å². The Kier molecular flexibility index (Phi) is 6.27. The van der Waals surface area contributed by atoms with Crippen LogP contribution in [0.5, 0.6) is 11.5 Å². The predicted molar refractivity (Wildman–Crippen MR) is 89.0 cm³/mol. The third kappa shape index (κ3) is 4.62. The van der Waals surface area contributed by atoms with E-state index in [0.29, 0.717) is 0 Å². The third-order valence-electron chi connectivity index (χ3n) is 3.33. The van der Waals surface area contributed by atoms with Crippen molar-refractivity contribution in [3.05, 3.63) is 23.3 Å². The van der Waals surface area contributed by atoms with E-state index in [-0.39, 0.29) is 37.3 Å². The molecule has 0 bridgehead atoms. The monoisotopic (exact) mass is 310 g/mol. The first kappa shape index (κ1) is 18.8. The maximum atomic E-state index is 9.04. The van der Waals surface area contributed by atoms with Crippen LogP contribution in [0, 0.1) is 0 Å². The molecule has 4 heteroatoms. The number of aliphatic hydroxyl groups excluding tert-OH is 2. The van der Waals surface area contributed by atoms with Crippen LogP contribution in [0.15, 0.2) is 12.1 Å². The molecular weight excluding hydrogens is 280 g/mol. The fraction of sp³-hybridized carbons (Fsp3) is 0.667. The summed E-state index contributed by atoms with van der Waals surface area (Å²) >= 11 is 0. The average molecular weight is 310 g/mol. The molecule has 0 unspecified atom stereocenters. The Balaban J connectivity index is 3.52. The molecule has 4 nitrogen and oxygen atoms in total. The van der Waals surface area contributed by atoms with Gasteiger partial charge < -0.3 is 19.7 Å². The summed E-state index contributed by atoms with van der Waals surface area (Å²) in [5, 5.41) is 18.1. The van der Waals surface area contributed by atoms with Crippen molar-refractivity contribution in [3.63, 3.8) is 0 Å². The van der Waals surface area contributed by atoms with Gasteiger partial charge in [0.05, 0.1) is 13.2 Å². The highest BCUT2D eigenvalue weighted by Gasteiger charge is 2.32. The first-order chi connectivity index (χ1) is 10.1. The van der Waals surface area contributed by atoms with Crippen molar-refractivity contribution in [2.45, 2.75) is 52.4 Å². The van der Waals surface area contributed by atoms with Crippen molar-refractivity contribution < 1.29 is 19.7 Å². The molecule has 22 heavy (non-hydrogen) atoms. The van der Waals surface area contributed by atoms with E-state index in [4.69, 9.17) is 19.7 Å². The van der Waals surface area contributed by atoms with Crippen LogP contribution in [-0.2, 0) is 10.8 Å². The van der Waals surface area contributed by atoms with Gasteiger partial charge in [-0.25, -0.2) is 0 Å². The lowest BCUT2D eigenvalue weighted by Gasteiger charge is -2.33. The second-order valence-electron chi connectivity index (χ2n) is 7.46. The number of benzene rings is 1. The zero-order chi connectivity index (χ0) is 17.0. The standard InChI is InChI=1S/C18H30O4/c1-17(2,3)15-13(21-11-9-19)7-8-14(22-12-10-20)16(15)18(4,5)6/h7-8,19-20H,9-12H2,1-6H3. The van der Waals surface area contributed by atoms with Crippen LogP contribution in [0.2, 0.25) is 0 Å². The van der Waals surface area contributed by atoms with Crippen LogP contribution in [0.3, 0.4) is 0 Å². The van der Waals surface area contributed by atoms with Gasteiger partial charge in [-0.1, -0.05) is 41.5 Å². The summed E-state index contributed by atoms with van der Waals surface area (Å²) in [4.78, 5) is 0. The quantitative estimate of drug-likeness (QED) is 0.848. The van der Waals surface area contributed by atoms with Crippen molar-refractivity contribution >= 4 is 0 Å². The van der Waals surface area contributed by atoms with Gasteiger partial charge in [-0.05, 0) is 23.0 Å². The molecule has 0 heterocycles. The predicted octanol–water partition coefficient (Wildman–Crippen LogP) is 3.02. The van der Waals surface area contributed by atoms with E-state index < -0.39 is 0 Å². The molecule has 2 N–H and O–H groups in total. The highest BCUT2D eigenvalue weighted by Crippen LogP contribution is 2.44. The van der Waals surface area contributed by atoms with Crippen LogP contribution in [0.25, 0.3) is 0 Å². The van der Waals surface area contributed by atoms with Crippen molar-refractivity contribution in [2.75, 3.05) is 26.4 Å². The van der Waals surface area contributed by atoms with E-state index in [9.17, 15) is 0 Å². The molecule has 0 amide bonds. The topological polar surface area (TPSA) is 58.9 Å². The molecular formula is C18H30O4. The molecule has 1 rings (SSSR count). The Hall–Kier alpha value is -1.26. The molecule has 0 fully saturated rings. The lowest BCUT2D eigenvalue weighted by atomic mass is 9.74. The highest BCUT2D eigenvalue weighted by atomic mass is 16.5. The van der Waals surface area contributed by atoms with E-state index in [2.05, 4.69) is 41.5 Å². The van der Waals surface area contributed by atoms with Gasteiger partial charge in [-0.15, -0.1) is 0 Å². The van der Waals surface area contributed by atoms with E-state index in [1.807, 2.05) is 12.1 Å². The van der Waals surface area contributed by atoms with Gasteiger partial charge in [-0.2, -0.15) is 0 Å². The minimum atomic E-state index is -0.133. The number of aliphatic hydroxyl groups is 2. The van der Waals surface area contributed by atoms with E-state index in [1.165, 1.54) is 0 Å². The molecule has 0 atom stereocenters. The molecule has 0 spiro atoms. The Morgan fingerprint density at radius 1 is 0.727 bits per heavy atom. The summed E-state index contributed by atoms with van der Waals surface area (Å²) in [6, 6.07) is 3.77. The van der Waals surface area contributed by atoms with Crippen LogP contribution >= 0.6 is 0 Å². The van der Waals surface area contributed by atoms with Gasteiger partial charge in [0.15, 0.2) is 0 Å². The maximum Gasteiger partial charge on any atom is 0.123 e. The minimum absolute atomic E-state index is 0.0167. The van der Waals surface area contributed by atoms with Crippen LogP contribution in [0.4, 0.5) is 0 Å². The molecule has 126 valence electrons. The SMILES string of the molecule is CC(C)(C)c1c(OCCO)ccc(OCCO)c1C(C)(C)C. The Labute approximate surface area is 134 Å². The maximum absolute atomic E-state index is 9.04. The molecule has 0 saturated carbocycles. The third-order valence-corrected chi connectivity index (χ3v) is 3.33. The fourth-order valence-electron chi connectivity index (χ4n) is 2.61. The molecule has 0 aliphatic rings. The molecule has 1 aromatic rings. The van der Waals surface area contributed by atoms with E-state index in [1.54, 1.807) is 0 Å². The highest BCUT2D eigenvalue weighted by molar-refractivity contribution is 5.55. The smallest absolute Gasteiger partial charge is 0.123 e. The van der Waals surface area contributed by atoms with Gasteiger partial charge in [-0.3, -0.25) is 0 Å². The minimum Gasteiger partial charge on any atom is -0.491 e. The summed E-state index contributed by atoms with van der Waals surface area (Å²) in [7, 11) is 0. The van der Waals surface area contributed by atoms with Gasteiger partial charge in [0.25, 0.3) is 0 Å². The molecule has 0 aliphatic carbocycles. The molecule has 1 aromatic carbocycles. The van der Waals surface area contributed by atoms with Gasteiger partial charge in [0.2, 0.25) is 0 Å². The second kappa shape index (κ2) is 7.34. The zero-order valence-corrected chi connectivity index (χ0v) is 14.7. The van der Waals surface area contributed by atoms with E-state index in [0.717, 1.165) is 22.6 Å². The van der Waals surface area contributed by atoms with Crippen LogP contribution in [0.1, 0.15) is 52.7 Å². The van der Waals surface area contributed by atoms with Crippen molar-refractivity contribution in [3.8, 4) is 11.5 Å². The lowest BCUT2D eigenvalue weighted by Crippen LogP contribution is -2.25. The zero-order valence-electron chi connectivity index (χ0n) is 14.7. The van der Waals surface area contributed by atoms with Gasteiger partial charge in [0.1, 0.15) is 24.7 Å². The summed E-state index contributed by atoms with van der Waals surface area (Å²) in [6.07, 6.45) is 0. The lowest BCUT2D eigenvalue weighted by molar-refractivity contribution is 0.193. The van der Waals surface area contributed by atoms with Gasteiger partial charge >= 0.3 is 0 Å². The Bertz CT molecular complexity index is 436. The Morgan fingerprint density at radius 2 is 1.05 bits per heavy atom. The Morgan fingerprint density at radius 3 is 1.27 bits per heavy atom. The first-order valence-electron chi connectivity index (χ1n) is 7.78. The summed E-state index contributed by atoms with van der Waals surface area (Å²) in [5.74, 6) is 1.56. The molecule has 0 radical (unpaired) electrons. The molecule has 0 aromatic heterocycles. The number of hydrogen-bond donors (Lipinski definition) is 2. The summed E-state index contributed by atoms with van der Waals surface area (Å²) in [5.41, 5.74) is 1.91. The largest absolute Gasteiger partial charge is 0.491 e. The molecule has 0 aliphatic heterocycles. The summed E-state index contributed by atoms with van der Waals surface area (Å²) < 4.78 is 11.5. The second-order valence-corrected chi connectivity index (χ2v) is 7.46. The summed E-state index contributed by atoms with van der Waals surface area (Å²) in [6.45, 7) is 13.3. The number of rotatable bonds is 6. The average Bonchev–Trinajstić information content (AvgIpc) is 2.40. The van der Waals surface area contributed by atoms with E-state index >= 15 is 0 Å². The van der Waals surface area contributed by atoms with Crippen molar-refractivity contribution in [1.29, 1.82) is 0 Å². The van der Waals surface area contributed by atoms with Gasteiger partial charge in [0, 0.05) is 11.1 Å². The number of hydrogen-bond acceptors (Lipinski definition) is 4. The first-order valence-corrected chi connectivity index (χ1v) is 7.78. The molecule has 0 saturated heterocycles. The van der Waals surface area contributed by atoms with Crippen LogP contribution < -0.4 is 9.47 Å². The normalized spacial score (nSPS) is 12.4. The van der Waals surface area contributed by atoms with Crippen LogP contribution in [-0.4, -0.2) is 36.6 Å². The fourth-order valence-corrected chi connectivity index (χ4v) is 2.61. The van der Waals surface area contributed by atoms with Crippen molar-refractivity contribution in [1.82, 2.24) is 0 Å².